The highest BCUT2D eigenvalue weighted by Gasteiger charge is 2.46. The molecule has 4 aromatic carbocycles. The standard InChI is InChI=1S/C58H52F6N12O4/c1-69-51-29-65-25-43(45(51)27-67-69)37-13-19-40(20-14-37)74-49-21-12-36(24-50(49)76(56(74)80)42(35-78)33-71-23-7-5-11-54(71)58(62,63)64)31-72-52-30-66-26-44(46(52)28-68-72)38-15-17-39(18-16-38)73-47-8-2-3-9-48(47)75(55(73)79)41(34-77)32-70-22-6-4-10-53(70)57(59,60)61/h2-3,8-9,12-21,24-30,34-35,41-42,53-54H,4-7,10-11,22-23,31-33H2,1H3/t41?,42?,53-,54+/m1/s1. The first-order valence-electron chi connectivity index (χ1n) is 26.4. The van der Waals surface area contributed by atoms with Crippen molar-refractivity contribution in [1.29, 1.82) is 0 Å². The van der Waals surface area contributed by atoms with E-state index in [1.54, 1.807) is 107 Å². The first-order valence-corrected chi connectivity index (χ1v) is 26.4. The number of aldehydes is 2. The molecule has 0 aliphatic carbocycles. The maximum Gasteiger partial charge on any atom is 0.404 e. The van der Waals surface area contributed by atoms with Gasteiger partial charge in [-0.25, -0.2) is 9.59 Å². The van der Waals surface area contributed by atoms with E-state index in [-0.39, 0.29) is 45.6 Å². The molecule has 0 amide bonds. The molecule has 12 rings (SSSR count). The number of halogens is 6. The SMILES string of the molecule is Cn1ncc2c(-c3ccc(-n4c(=O)n(C(C=O)CN5CCCC[C@H]5C(F)(F)F)c5cc(Cn6ncc7c(-c8ccc(-n9c(=O)n(C(C=O)CN%10CCCC[C@@H]%10C(F)(F)F)c%10ccccc%109)cc8)cncc76)ccc54)cc3)cncc21. The van der Waals surface area contributed by atoms with Gasteiger partial charge in [0.15, 0.2) is 0 Å². The van der Waals surface area contributed by atoms with Gasteiger partial charge in [0, 0.05) is 54.4 Å². The molecule has 2 fully saturated rings. The van der Waals surface area contributed by atoms with Crippen molar-refractivity contribution in [3.8, 4) is 33.6 Å². The fourth-order valence-electron chi connectivity index (χ4n) is 12.1. The quantitative estimate of drug-likeness (QED) is 0.0759. The van der Waals surface area contributed by atoms with E-state index in [1.807, 2.05) is 37.4 Å². The number of benzene rings is 4. The highest BCUT2D eigenvalue weighted by molar-refractivity contribution is 5.95. The molecule has 2 saturated heterocycles. The first kappa shape index (κ1) is 52.2. The lowest BCUT2D eigenvalue weighted by Crippen LogP contribution is -2.51. The number of hydrogen-bond donors (Lipinski definition) is 0. The van der Waals surface area contributed by atoms with Crippen molar-refractivity contribution in [2.45, 2.75) is 81.6 Å². The third-order valence-electron chi connectivity index (χ3n) is 16.0. The maximum absolute atomic E-state index is 14.9. The number of carbonyl (C=O) groups excluding carboxylic acids is 2. The Morgan fingerprint density at radius 1 is 0.550 bits per heavy atom. The van der Waals surface area contributed by atoms with Gasteiger partial charge in [-0.1, -0.05) is 55.3 Å². The van der Waals surface area contributed by atoms with Crippen LogP contribution in [0.4, 0.5) is 26.3 Å². The molecular weight excluding hydrogens is 1040 g/mol. The van der Waals surface area contributed by atoms with Crippen LogP contribution in [-0.2, 0) is 23.2 Å². The summed E-state index contributed by atoms with van der Waals surface area (Å²) in [5, 5.41) is 10.7. The molecule has 0 saturated carbocycles. The number of aryl methyl sites for hydroxylation is 1. The van der Waals surface area contributed by atoms with Gasteiger partial charge >= 0.3 is 23.7 Å². The smallest absolute Gasteiger partial charge is 0.301 e. The maximum atomic E-state index is 14.9. The van der Waals surface area contributed by atoms with Crippen LogP contribution in [0.2, 0.25) is 0 Å². The summed E-state index contributed by atoms with van der Waals surface area (Å²) in [4.78, 5) is 66.5. The summed E-state index contributed by atoms with van der Waals surface area (Å²) in [6, 6.07) is 20.7. The molecule has 0 bridgehead atoms. The van der Waals surface area contributed by atoms with E-state index in [0.29, 0.717) is 88.3 Å². The zero-order valence-electron chi connectivity index (χ0n) is 43.1. The van der Waals surface area contributed by atoms with Crippen LogP contribution in [-0.4, -0.2) is 121 Å². The summed E-state index contributed by atoms with van der Waals surface area (Å²) >= 11 is 0. The predicted molar refractivity (Wildman–Crippen MR) is 289 cm³/mol. The summed E-state index contributed by atoms with van der Waals surface area (Å²) in [5.41, 5.74) is 6.65. The lowest BCUT2D eigenvalue weighted by Gasteiger charge is -2.37. The van der Waals surface area contributed by atoms with E-state index >= 15 is 0 Å². The number of likely N-dealkylation sites (tertiary alicyclic amines) is 2. The second-order valence-corrected chi connectivity index (χ2v) is 20.7. The van der Waals surface area contributed by atoms with Crippen LogP contribution in [0.15, 0.2) is 138 Å². The number of hydrogen-bond acceptors (Lipinski definition) is 10. The number of fused-ring (bicyclic) bond motifs is 4. The summed E-state index contributed by atoms with van der Waals surface area (Å²) < 4.78 is 94.4. The van der Waals surface area contributed by atoms with Gasteiger partial charge in [-0.2, -0.15) is 36.5 Å². The average Bonchev–Trinajstić information content (AvgIpc) is 4.24. The van der Waals surface area contributed by atoms with Crippen LogP contribution in [0.3, 0.4) is 0 Å². The van der Waals surface area contributed by atoms with Gasteiger partial charge in [-0.3, -0.25) is 47.4 Å². The minimum atomic E-state index is -4.53. The number of pyridine rings is 2. The molecule has 22 heteroatoms. The van der Waals surface area contributed by atoms with E-state index in [2.05, 4.69) is 15.1 Å². The molecular formula is C58H52F6N12O4. The van der Waals surface area contributed by atoms with Crippen LogP contribution in [0, 0.1) is 0 Å². The van der Waals surface area contributed by atoms with Crippen molar-refractivity contribution in [2.75, 3.05) is 26.2 Å². The van der Waals surface area contributed by atoms with Gasteiger partial charge in [-0.15, -0.1) is 0 Å². The Labute approximate surface area is 451 Å². The molecule has 0 N–H and O–H groups in total. The molecule has 4 atom stereocenters. The van der Waals surface area contributed by atoms with Crippen LogP contribution in [0.5, 0.6) is 0 Å². The van der Waals surface area contributed by atoms with Gasteiger partial charge in [0.2, 0.25) is 0 Å². The average molecular weight is 1100 g/mol. The van der Waals surface area contributed by atoms with Crippen molar-refractivity contribution < 1.29 is 35.9 Å². The van der Waals surface area contributed by atoms with Crippen LogP contribution >= 0.6 is 0 Å². The Kier molecular flexibility index (Phi) is 13.5. The third-order valence-corrected chi connectivity index (χ3v) is 16.0. The zero-order chi connectivity index (χ0) is 55.6. The first-order chi connectivity index (χ1) is 38.6. The summed E-state index contributed by atoms with van der Waals surface area (Å²) in [7, 11) is 1.83. The number of para-hydroxylation sites is 2. The van der Waals surface area contributed by atoms with Crippen molar-refractivity contribution in [1.82, 2.24) is 57.6 Å². The van der Waals surface area contributed by atoms with E-state index < -0.39 is 47.9 Å². The predicted octanol–water partition coefficient (Wildman–Crippen LogP) is 9.62. The highest BCUT2D eigenvalue weighted by atomic mass is 19.4. The minimum absolute atomic E-state index is 0.0780. The van der Waals surface area contributed by atoms with Gasteiger partial charge in [0.25, 0.3) is 0 Å². The molecule has 80 heavy (non-hydrogen) atoms. The minimum Gasteiger partial charge on any atom is -0.301 e. The van der Waals surface area contributed by atoms with Gasteiger partial charge < -0.3 is 9.59 Å². The zero-order valence-corrected chi connectivity index (χ0v) is 43.1. The molecule has 2 aliphatic heterocycles. The molecule has 410 valence electrons. The number of imidazole rings is 2. The second kappa shape index (κ2) is 20.6. The monoisotopic (exact) mass is 1090 g/mol. The largest absolute Gasteiger partial charge is 0.404 e. The number of carbonyl (C=O) groups is 2. The summed E-state index contributed by atoms with van der Waals surface area (Å²) in [6.45, 7) is -0.161. The Morgan fingerprint density at radius 3 is 1.57 bits per heavy atom. The van der Waals surface area contributed by atoms with E-state index in [0.717, 1.165) is 33.0 Å². The van der Waals surface area contributed by atoms with Gasteiger partial charge in [-0.05, 0) is 104 Å². The second-order valence-electron chi connectivity index (χ2n) is 20.7. The van der Waals surface area contributed by atoms with Crippen LogP contribution in [0.1, 0.15) is 56.2 Å². The summed E-state index contributed by atoms with van der Waals surface area (Å²) in [5.74, 6) is 0. The normalized spacial score (nSPS) is 17.7. The fourth-order valence-corrected chi connectivity index (χ4v) is 12.1. The molecule has 10 aromatic rings. The Bertz CT molecular complexity index is 4100. The topological polar surface area (TPSA) is 156 Å². The third kappa shape index (κ3) is 9.28. The van der Waals surface area contributed by atoms with Crippen molar-refractivity contribution in [3.63, 3.8) is 0 Å². The number of aromatic nitrogens is 10. The summed E-state index contributed by atoms with van der Waals surface area (Å²) in [6.07, 6.45) is 4.03. The Morgan fingerprint density at radius 2 is 1.04 bits per heavy atom. The van der Waals surface area contributed by atoms with Crippen LogP contribution < -0.4 is 11.4 Å². The van der Waals surface area contributed by atoms with Crippen molar-refractivity contribution >= 4 is 56.4 Å². The Balaban J connectivity index is 0.869. The fraction of sp³-hybridized carbons (Fsp3) is 0.310. The molecule has 2 aliphatic rings. The number of piperidine rings is 2. The molecule has 0 spiro atoms. The van der Waals surface area contributed by atoms with E-state index in [4.69, 9.17) is 5.10 Å². The highest BCUT2D eigenvalue weighted by Crippen LogP contribution is 2.37. The molecule has 0 radical (unpaired) electrons. The Hall–Kier alpha value is -8.50. The molecule has 6 aromatic heterocycles. The molecule has 8 heterocycles. The molecule has 2 unspecified atom stereocenters. The van der Waals surface area contributed by atoms with Crippen LogP contribution in [0.25, 0.3) is 77.5 Å². The number of alkyl halides is 6. The van der Waals surface area contributed by atoms with E-state index in [9.17, 15) is 45.5 Å². The number of nitrogens with zero attached hydrogens (tertiary/aromatic N) is 12. The van der Waals surface area contributed by atoms with E-state index in [1.165, 1.54) is 28.1 Å². The lowest BCUT2D eigenvalue weighted by molar-refractivity contribution is -0.192. The van der Waals surface area contributed by atoms with Gasteiger partial charge in [0.1, 0.15) is 36.7 Å². The number of rotatable bonds is 14. The van der Waals surface area contributed by atoms with Crippen molar-refractivity contribution in [3.05, 3.63) is 155 Å². The lowest BCUT2D eigenvalue weighted by atomic mass is 10.0. The van der Waals surface area contributed by atoms with Crippen molar-refractivity contribution in [2.24, 2.45) is 7.05 Å². The van der Waals surface area contributed by atoms with Gasteiger partial charge in [0.05, 0.1) is 75.8 Å². The molecule has 16 nitrogen and oxygen atoms in total.